The van der Waals surface area contributed by atoms with Gasteiger partial charge in [0.1, 0.15) is 11.1 Å². The van der Waals surface area contributed by atoms with Crippen LogP contribution in [-0.2, 0) is 4.79 Å². The van der Waals surface area contributed by atoms with E-state index >= 15 is 0 Å². The molecule has 1 aliphatic heterocycles. The lowest BCUT2D eigenvalue weighted by molar-refractivity contribution is -0.115. The zero-order valence-corrected chi connectivity index (χ0v) is 14.2. The highest BCUT2D eigenvalue weighted by atomic mass is 35.5. The fourth-order valence-electron chi connectivity index (χ4n) is 2.51. The number of halogens is 1. The molecule has 7 heteroatoms. The van der Waals surface area contributed by atoms with Crippen LogP contribution in [0.25, 0.3) is 10.2 Å². The number of nitrogens with zero attached hydrogens (tertiary/aromatic N) is 2. The molecular formula is C16H11ClN2O2S2. The molecule has 1 N–H and O–H groups in total. The molecule has 4 rings (SSSR count). The van der Waals surface area contributed by atoms with Gasteiger partial charge in [-0.3, -0.25) is 9.69 Å². The van der Waals surface area contributed by atoms with Crippen molar-refractivity contribution in [3.8, 4) is 5.75 Å². The summed E-state index contributed by atoms with van der Waals surface area (Å²) in [7, 11) is 0. The van der Waals surface area contributed by atoms with E-state index < -0.39 is 0 Å². The maximum atomic E-state index is 12.4. The van der Waals surface area contributed by atoms with Crippen molar-refractivity contribution < 1.29 is 9.90 Å². The topological polar surface area (TPSA) is 53.4 Å². The Morgan fingerprint density at radius 2 is 2.00 bits per heavy atom. The highest BCUT2D eigenvalue weighted by molar-refractivity contribution is 8.00. The van der Waals surface area contributed by atoms with Gasteiger partial charge in [0.15, 0.2) is 5.13 Å². The van der Waals surface area contributed by atoms with Crippen molar-refractivity contribution in [3.05, 3.63) is 53.1 Å². The van der Waals surface area contributed by atoms with Gasteiger partial charge in [-0.15, -0.1) is 11.8 Å². The molecule has 1 aliphatic rings. The van der Waals surface area contributed by atoms with Crippen molar-refractivity contribution >= 4 is 56.0 Å². The first kappa shape index (κ1) is 14.8. The smallest absolute Gasteiger partial charge is 0.240 e. The molecule has 1 atom stereocenters. The number of rotatable bonds is 2. The van der Waals surface area contributed by atoms with Crippen molar-refractivity contribution in [1.82, 2.24) is 4.98 Å². The largest absolute Gasteiger partial charge is 0.508 e. The maximum Gasteiger partial charge on any atom is 0.240 e. The van der Waals surface area contributed by atoms with Crippen molar-refractivity contribution in [2.45, 2.75) is 5.37 Å². The number of amides is 1. The first-order chi connectivity index (χ1) is 11.1. The van der Waals surface area contributed by atoms with Gasteiger partial charge in [0.05, 0.1) is 16.0 Å². The minimum Gasteiger partial charge on any atom is -0.508 e. The standard InChI is InChI=1S/C16H11ClN2O2S2/c17-10-3-6-12-13(7-10)23-16(18-12)19-14(21)8-22-15(19)9-1-4-11(20)5-2-9/h1-7,15,20H,8H2. The maximum absolute atomic E-state index is 12.4. The average Bonchev–Trinajstić information content (AvgIpc) is 3.10. The predicted octanol–water partition coefficient (Wildman–Crippen LogP) is 4.43. The molecule has 1 saturated heterocycles. The Morgan fingerprint density at radius 1 is 1.22 bits per heavy atom. The van der Waals surface area contributed by atoms with Crippen LogP contribution in [0.3, 0.4) is 0 Å². The molecule has 0 radical (unpaired) electrons. The molecular weight excluding hydrogens is 352 g/mol. The molecule has 0 spiro atoms. The number of carbonyl (C=O) groups is 1. The molecule has 0 aliphatic carbocycles. The summed E-state index contributed by atoms with van der Waals surface area (Å²) >= 11 is 9.05. The van der Waals surface area contributed by atoms with Crippen LogP contribution in [0.2, 0.25) is 5.02 Å². The van der Waals surface area contributed by atoms with Gasteiger partial charge in [0.25, 0.3) is 0 Å². The Balaban J connectivity index is 1.76. The Kier molecular flexibility index (Phi) is 3.67. The van der Waals surface area contributed by atoms with Gasteiger partial charge in [-0.2, -0.15) is 0 Å². The van der Waals surface area contributed by atoms with Gasteiger partial charge in [0.2, 0.25) is 5.91 Å². The molecule has 1 fully saturated rings. The molecule has 23 heavy (non-hydrogen) atoms. The number of fused-ring (bicyclic) bond motifs is 1. The third-order valence-corrected chi connectivity index (χ3v) is 6.06. The summed E-state index contributed by atoms with van der Waals surface area (Å²) in [6, 6.07) is 12.5. The van der Waals surface area contributed by atoms with Gasteiger partial charge in [0, 0.05) is 5.02 Å². The van der Waals surface area contributed by atoms with Crippen LogP contribution in [0.5, 0.6) is 5.75 Å². The first-order valence-electron chi connectivity index (χ1n) is 6.90. The Hall–Kier alpha value is -1.76. The van der Waals surface area contributed by atoms with Crippen molar-refractivity contribution in [1.29, 1.82) is 0 Å². The zero-order chi connectivity index (χ0) is 16.0. The molecule has 0 bridgehead atoms. The molecule has 2 aromatic carbocycles. The lowest BCUT2D eigenvalue weighted by Crippen LogP contribution is -2.27. The summed E-state index contributed by atoms with van der Waals surface area (Å²) in [5, 5.41) is 10.7. The molecule has 3 aromatic rings. The minimum atomic E-state index is -0.126. The van der Waals surface area contributed by atoms with Gasteiger partial charge in [-0.05, 0) is 35.9 Å². The number of phenolic OH excluding ortho intramolecular Hbond substituents is 1. The summed E-state index contributed by atoms with van der Waals surface area (Å²) in [6.07, 6.45) is 0. The van der Waals surface area contributed by atoms with E-state index in [-0.39, 0.29) is 17.0 Å². The van der Waals surface area contributed by atoms with E-state index in [0.29, 0.717) is 15.9 Å². The first-order valence-corrected chi connectivity index (χ1v) is 9.15. The van der Waals surface area contributed by atoms with E-state index in [1.807, 2.05) is 24.3 Å². The van der Waals surface area contributed by atoms with Gasteiger partial charge in [-0.1, -0.05) is 35.1 Å². The lowest BCUT2D eigenvalue weighted by Gasteiger charge is -2.21. The number of carbonyl (C=O) groups excluding carboxylic acids is 1. The monoisotopic (exact) mass is 362 g/mol. The van der Waals surface area contributed by atoms with Gasteiger partial charge in [-0.25, -0.2) is 4.98 Å². The number of aromatic nitrogens is 1. The molecule has 1 aromatic heterocycles. The lowest BCUT2D eigenvalue weighted by atomic mass is 10.2. The molecule has 1 unspecified atom stereocenters. The van der Waals surface area contributed by atoms with E-state index in [9.17, 15) is 9.90 Å². The second-order valence-electron chi connectivity index (χ2n) is 5.13. The Labute approximate surface area is 145 Å². The van der Waals surface area contributed by atoms with Crippen LogP contribution in [0.15, 0.2) is 42.5 Å². The van der Waals surface area contributed by atoms with E-state index in [4.69, 9.17) is 11.6 Å². The second kappa shape index (κ2) is 5.70. The number of hydrogen-bond donors (Lipinski definition) is 1. The highest BCUT2D eigenvalue weighted by Crippen LogP contribution is 2.44. The molecule has 2 heterocycles. The quantitative estimate of drug-likeness (QED) is 0.732. The third kappa shape index (κ3) is 2.67. The molecule has 4 nitrogen and oxygen atoms in total. The summed E-state index contributed by atoms with van der Waals surface area (Å²) in [5.41, 5.74) is 1.81. The van der Waals surface area contributed by atoms with Crippen LogP contribution in [-0.4, -0.2) is 21.8 Å². The normalized spacial score (nSPS) is 18.0. The van der Waals surface area contributed by atoms with E-state index in [1.54, 1.807) is 34.9 Å². The zero-order valence-electron chi connectivity index (χ0n) is 11.8. The Bertz CT molecular complexity index is 895. The fraction of sp³-hybridized carbons (Fsp3) is 0.125. The summed E-state index contributed by atoms with van der Waals surface area (Å²) < 4.78 is 0.960. The molecule has 116 valence electrons. The van der Waals surface area contributed by atoms with Crippen molar-refractivity contribution in [3.63, 3.8) is 0 Å². The van der Waals surface area contributed by atoms with Crippen LogP contribution in [0.4, 0.5) is 5.13 Å². The van der Waals surface area contributed by atoms with Crippen molar-refractivity contribution in [2.75, 3.05) is 10.7 Å². The van der Waals surface area contributed by atoms with Gasteiger partial charge >= 0.3 is 0 Å². The number of aromatic hydroxyl groups is 1. The molecule has 1 amide bonds. The number of anilines is 1. The van der Waals surface area contributed by atoms with Gasteiger partial charge < -0.3 is 5.11 Å². The fourth-order valence-corrected chi connectivity index (χ4v) is 5.02. The SMILES string of the molecule is O=C1CSC(c2ccc(O)cc2)N1c1nc2ccc(Cl)cc2s1. The summed E-state index contributed by atoms with van der Waals surface area (Å²) in [4.78, 5) is 18.7. The summed E-state index contributed by atoms with van der Waals surface area (Å²) in [5.74, 6) is 0.671. The molecule has 0 saturated carbocycles. The number of thioether (sulfide) groups is 1. The number of phenols is 1. The minimum absolute atomic E-state index is 0.0400. The van der Waals surface area contributed by atoms with E-state index in [0.717, 1.165) is 15.8 Å². The number of benzene rings is 2. The Morgan fingerprint density at radius 3 is 2.78 bits per heavy atom. The van der Waals surface area contributed by atoms with Crippen LogP contribution >= 0.6 is 34.7 Å². The van der Waals surface area contributed by atoms with E-state index in [1.165, 1.54) is 11.3 Å². The van der Waals surface area contributed by atoms with Crippen LogP contribution in [0, 0.1) is 0 Å². The van der Waals surface area contributed by atoms with Crippen LogP contribution in [0.1, 0.15) is 10.9 Å². The second-order valence-corrected chi connectivity index (χ2v) is 7.64. The van der Waals surface area contributed by atoms with E-state index in [2.05, 4.69) is 4.98 Å². The number of thiazole rings is 1. The number of hydrogen-bond acceptors (Lipinski definition) is 5. The average molecular weight is 363 g/mol. The highest BCUT2D eigenvalue weighted by Gasteiger charge is 2.36. The summed E-state index contributed by atoms with van der Waals surface area (Å²) in [6.45, 7) is 0. The van der Waals surface area contributed by atoms with Crippen molar-refractivity contribution in [2.24, 2.45) is 0 Å². The predicted molar refractivity (Wildman–Crippen MR) is 95.4 cm³/mol. The third-order valence-electron chi connectivity index (χ3n) is 3.59. The van der Waals surface area contributed by atoms with Crippen LogP contribution < -0.4 is 4.90 Å².